The summed E-state index contributed by atoms with van der Waals surface area (Å²) in [5, 5.41) is 3.58. The Hall–Kier alpha value is -3.26. The number of carbonyl (C=O) groups excluding carboxylic acids is 1. The van der Waals surface area contributed by atoms with Gasteiger partial charge in [-0.15, -0.1) is 11.3 Å². The minimum atomic E-state index is -0.515. The molecule has 136 valence electrons. The number of aryl methyl sites for hydroxylation is 3. The Kier molecular flexibility index (Phi) is 4.12. The molecule has 0 radical (unpaired) electrons. The minimum absolute atomic E-state index is 0.319. The number of anilines is 1. The van der Waals surface area contributed by atoms with Gasteiger partial charge in [-0.3, -0.25) is 4.79 Å². The third-order valence-corrected chi connectivity index (χ3v) is 5.26. The van der Waals surface area contributed by atoms with Crippen molar-refractivity contribution < 1.29 is 4.79 Å². The molecule has 3 aromatic heterocycles. The van der Waals surface area contributed by atoms with Crippen LogP contribution < -0.4 is 16.3 Å². The molecule has 0 unspecified atom stereocenters. The van der Waals surface area contributed by atoms with Crippen molar-refractivity contribution in [2.45, 2.75) is 20.8 Å². The number of thiophene rings is 1. The molecule has 0 aliphatic rings. The van der Waals surface area contributed by atoms with Gasteiger partial charge in [-0.25, -0.2) is 24.9 Å². The van der Waals surface area contributed by atoms with E-state index in [0.29, 0.717) is 21.7 Å². The van der Waals surface area contributed by atoms with Gasteiger partial charge < -0.3 is 5.32 Å². The number of aromatic nitrogens is 3. The second-order valence-corrected chi connectivity index (χ2v) is 7.27. The highest BCUT2D eigenvalue weighted by Crippen LogP contribution is 2.31. The quantitative estimate of drug-likeness (QED) is 0.556. The van der Waals surface area contributed by atoms with E-state index in [1.807, 2.05) is 38.1 Å². The lowest BCUT2D eigenvalue weighted by Gasteiger charge is -2.12. The minimum Gasteiger partial charge on any atom is -0.307 e. The second kappa shape index (κ2) is 6.48. The Balaban J connectivity index is 1.78. The van der Waals surface area contributed by atoms with E-state index in [-0.39, 0.29) is 5.56 Å². The molecule has 3 heterocycles. The average molecular weight is 379 g/mol. The molecule has 1 aromatic carbocycles. The number of nitrogens with zero attached hydrogens (tertiary/aromatic N) is 3. The summed E-state index contributed by atoms with van der Waals surface area (Å²) in [6, 6.07) is 10.5. The van der Waals surface area contributed by atoms with Crippen LogP contribution in [0.2, 0.25) is 0 Å². The number of urea groups is 1. The molecule has 0 spiro atoms. The van der Waals surface area contributed by atoms with E-state index in [0.717, 1.165) is 26.2 Å². The smallest absolute Gasteiger partial charge is 0.307 e. The molecule has 27 heavy (non-hydrogen) atoms. The van der Waals surface area contributed by atoms with Crippen molar-refractivity contribution in [1.82, 2.24) is 14.6 Å². The number of amides is 2. The maximum absolute atomic E-state index is 13.0. The number of pyridine rings is 1. The van der Waals surface area contributed by atoms with Crippen molar-refractivity contribution in [3.63, 3.8) is 0 Å². The van der Waals surface area contributed by atoms with Crippen molar-refractivity contribution in [3.05, 3.63) is 63.8 Å². The number of nitrogens with one attached hydrogen (secondary N) is 2. The van der Waals surface area contributed by atoms with Crippen LogP contribution in [0.1, 0.15) is 17.1 Å². The highest BCUT2D eigenvalue weighted by atomic mass is 32.1. The Morgan fingerprint density at radius 1 is 1.11 bits per heavy atom. The van der Waals surface area contributed by atoms with Gasteiger partial charge in [0.1, 0.15) is 15.4 Å². The zero-order valence-corrected chi connectivity index (χ0v) is 15.8. The highest BCUT2D eigenvalue weighted by Gasteiger charge is 2.17. The van der Waals surface area contributed by atoms with Crippen LogP contribution in [-0.4, -0.2) is 20.7 Å². The van der Waals surface area contributed by atoms with Crippen LogP contribution >= 0.6 is 11.3 Å². The summed E-state index contributed by atoms with van der Waals surface area (Å²) in [6.07, 6.45) is 0. The molecular formula is C19H17N5O2S. The van der Waals surface area contributed by atoms with Crippen molar-refractivity contribution >= 4 is 43.5 Å². The summed E-state index contributed by atoms with van der Waals surface area (Å²) < 4.78 is 1.63. The molecule has 8 heteroatoms. The molecule has 4 rings (SSSR count). The van der Waals surface area contributed by atoms with Crippen LogP contribution in [0.4, 0.5) is 10.5 Å². The zero-order chi connectivity index (χ0) is 19.1. The van der Waals surface area contributed by atoms with Gasteiger partial charge in [0.05, 0.1) is 5.52 Å². The first-order chi connectivity index (χ1) is 12.9. The summed E-state index contributed by atoms with van der Waals surface area (Å²) in [5.74, 6) is 0.399. The molecule has 2 amide bonds. The maximum atomic E-state index is 13.0. The van der Waals surface area contributed by atoms with Crippen molar-refractivity contribution in [2.75, 3.05) is 10.7 Å². The Bertz CT molecular complexity index is 1240. The van der Waals surface area contributed by atoms with Crippen LogP contribution in [0.15, 0.2) is 41.2 Å². The lowest BCUT2D eigenvalue weighted by Crippen LogP contribution is -2.37. The van der Waals surface area contributed by atoms with Gasteiger partial charge in [0.2, 0.25) is 0 Å². The molecule has 4 aromatic rings. The standard InChI is InChI=1S/C19H17N5O2S/c1-10-9-11(2)20-17-14(10)15-16(27-17)18(25)24(12(3)21-15)23-19(26)22-13-7-5-4-6-8-13/h4-9H,1-3H3,(H2,22,23,26). The predicted octanol–water partition coefficient (Wildman–Crippen LogP) is 3.71. The Morgan fingerprint density at radius 3 is 2.59 bits per heavy atom. The van der Waals surface area contributed by atoms with Gasteiger partial charge in [0.25, 0.3) is 5.56 Å². The molecule has 2 N–H and O–H groups in total. The number of para-hydroxylation sites is 1. The van der Waals surface area contributed by atoms with E-state index in [1.165, 1.54) is 11.3 Å². The van der Waals surface area contributed by atoms with E-state index in [4.69, 9.17) is 0 Å². The van der Waals surface area contributed by atoms with E-state index < -0.39 is 6.03 Å². The summed E-state index contributed by atoms with van der Waals surface area (Å²) in [4.78, 5) is 35.1. The molecule has 0 aliphatic carbocycles. The van der Waals surface area contributed by atoms with Crippen LogP contribution in [0, 0.1) is 20.8 Å². The third kappa shape index (κ3) is 3.04. The zero-order valence-electron chi connectivity index (χ0n) is 15.0. The Morgan fingerprint density at radius 2 is 1.85 bits per heavy atom. The fourth-order valence-corrected chi connectivity index (χ4v) is 4.21. The number of hydrogen-bond donors (Lipinski definition) is 2. The molecule has 0 fully saturated rings. The van der Waals surface area contributed by atoms with E-state index >= 15 is 0 Å². The van der Waals surface area contributed by atoms with Crippen molar-refractivity contribution in [1.29, 1.82) is 0 Å². The molecule has 7 nitrogen and oxygen atoms in total. The Labute approximate surface area is 158 Å². The number of carbonyl (C=O) groups is 1. The molecule has 0 saturated heterocycles. The van der Waals surface area contributed by atoms with Crippen LogP contribution in [-0.2, 0) is 0 Å². The van der Waals surface area contributed by atoms with Crippen LogP contribution in [0.25, 0.3) is 20.4 Å². The molecule has 0 saturated carbocycles. The summed E-state index contributed by atoms with van der Waals surface area (Å²) >= 11 is 1.29. The number of rotatable bonds is 2. The number of benzene rings is 1. The van der Waals surface area contributed by atoms with Gasteiger partial charge in [0.15, 0.2) is 0 Å². The first-order valence-electron chi connectivity index (χ1n) is 8.37. The molecule has 0 aliphatic heterocycles. The first kappa shape index (κ1) is 17.2. The average Bonchev–Trinajstić information content (AvgIpc) is 2.98. The number of hydrogen-bond acceptors (Lipinski definition) is 5. The monoisotopic (exact) mass is 379 g/mol. The molecule has 0 bridgehead atoms. The fraction of sp³-hybridized carbons (Fsp3) is 0.158. The third-order valence-electron chi connectivity index (χ3n) is 4.20. The largest absolute Gasteiger partial charge is 0.338 e. The maximum Gasteiger partial charge on any atom is 0.338 e. The molecular weight excluding hydrogens is 362 g/mol. The lowest BCUT2D eigenvalue weighted by atomic mass is 10.1. The summed E-state index contributed by atoms with van der Waals surface area (Å²) in [6.45, 7) is 5.59. The summed E-state index contributed by atoms with van der Waals surface area (Å²) in [7, 11) is 0. The first-order valence-corrected chi connectivity index (χ1v) is 9.19. The predicted molar refractivity (Wildman–Crippen MR) is 108 cm³/mol. The van der Waals surface area contributed by atoms with Gasteiger partial charge in [0, 0.05) is 16.8 Å². The topological polar surface area (TPSA) is 88.9 Å². The van der Waals surface area contributed by atoms with Gasteiger partial charge >= 0.3 is 6.03 Å². The SMILES string of the molecule is Cc1cc(C)c2c(n1)sc1c(=O)n(NC(=O)Nc3ccccc3)c(C)nc12. The van der Waals surface area contributed by atoms with Gasteiger partial charge in [-0.1, -0.05) is 18.2 Å². The van der Waals surface area contributed by atoms with E-state index in [9.17, 15) is 9.59 Å². The van der Waals surface area contributed by atoms with Crippen molar-refractivity contribution in [3.8, 4) is 0 Å². The van der Waals surface area contributed by atoms with Crippen molar-refractivity contribution in [2.24, 2.45) is 0 Å². The summed E-state index contributed by atoms with van der Waals surface area (Å²) in [5.41, 5.74) is 5.43. The van der Waals surface area contributed by atoms with Gasteiger partial charge in [-0.2, -0.15) is 0 Å². The fourth-order valence-electron chi connectivity index (χ4n) is 3.05. The number of fused-ring (bicyclic) bond motifs is 3. The van der Waals surface area contributed by atoms with E-state index in [1.54, 1.807) is 19.1 Å². The second-order valence-electron chi connectivity index (χ2n) is 6.27. The lowest BCUT2D eigenvalue weighted by molar-refractivity contribution is 0.259. The normalized spacial score (nSPS) is 11.1. The highest BCUT2D eigenvalue weighted by molar-refractivity contribution is 7.25. The van der Waals surface area contributed by atoms with Gasteiger partial charge in [-0.05, 0) is 44.5 Å². The van der Waals surface area contributed by atoms with Crippen LogP contribution in [0.3, 0.4) is 0 Å². The van der Waals surface area contributed by atoms with Crippen LogP contribution in [0.5, 0.6) is 0 Å². The molecule has 0 atom stereocenters. The van der Waals surface area contributed by atoms with E-state index in [2.05, 4.69) is 20.7 Å².